The molecular formula is C40H52F4N4O7Si. The standard InChI is InChI=1S/C40H52F4N4O7Si/c1-12-56(13-2,14-3)55-39(10,27-15-17-28(41)18-16-27)40(43,44)22-24-52-33-30(51-11)20-19-29(32(33)42)26-21-23-47-31(25-26)45-34(46-47)48(35(49)53-37(4,5)6)36(50)54-38(7,8)9/h15-21,23,25H,12-14,22,24H2,1-11H3. The maximum atomic E-state index is 16.5. The Bertz CT molecular complexity index is 1970. The maximum absolute atomic E-state index is 16.5. The van der Waals surface area contributed by atoms with Crippen LogP contribution in [0.4, 0.5) is 33.1 Å². The Labute approximate surface area is 326 Å². The fourth-order valence-electron chi connectivity index (χ4n) is 6.07. The van der Waals surface area contributed by atoms with Crippen LogP contribution in [-0.2, 0) is 19.5 Å². The van der Waals surface area contributed by atoms with E-state index in [1.165, 1.54) is 61.1 Å². The summed E-state index contributed by atoms with van der Waals surface area (Å²) >= 11 is 0. The third-order valence-corrected chi connectivity index (χ3v) is 14.1. The Hall–Kier alpha value is -4.70. The molecule has 0 N–H and O–H groups in total. The van der Waals surface area contributed by atoms with Crippen molar-refractivity contribution in [3.8, 4) is 22.6 Å². The molecule has 56 heavy (non-hydrogen) atoms. The third kappa shape index (κ3) is 9.80. The number of amides is 2. The number of fused-ring (bicyclic) bond motifs is 1. The van der Waals surface area contributed by atoms with Gasteiger partial charge in [-0.1, -0.05) is 32.9 Å². The molecule has 2 amide bonds. The molecule has 0 aliphatic rings. The van der Waals surface area contributed by atoms with Gasteiger partial charge in [-0.05, 0) is 114 Å². The van der Waals surface area contributed by atoms with Gasteiger partial charge in [0.15, 0.2) is 31.3 Å². The topological polar surface area (TPSA) is 114 Å². The van der Waals surface area contributed by atoms with Crippen molar-refractivity contribution in [1.29, 1.82) is 0 Å². The van der Waals surface area contributed by atoms with Gasteiger partial charge in [-0.15, -0.1) is 10.00 Å². The molecule has 2 aromatic carbocycles. The van der Waals surface area contributed by atoms with E-state index in [1.807, 2.05) is 20.8 Å². The molecular weight excluding hydrogens is 753 g/mol. The summed E-state index contributed by atoms with van der Waals surface area (Å²) in [6.45, 7) is 16.3. The van der Waals surface area contributed by atoms with Gasteiger partial charge >= 0.3 is 12.2 Å². The Morgan fingerprint density at radius 1 is 0.839 bits per heavy atom. The van der Waals surface area contributed by atoms with Gasteiger partial charge in [0, 0.05) is 18.2 Å². The van der Waals surface area contributed by atoms with Gasteiger partial charge < -0.3 is 23.4 Å². The number of rotatable bonds is 14. The van der Waals surface area contributed by atoms with Gasteiger partial charge in [0.25, 0.3) is 11.9 Å². The summed E-state index contributed by atoms with van der Waals surface area (Å²) in [5, 5.41) is 4.26. The zero-order chi connectivity index (χ0) is 41.9. The highest BCUT2D eigenvalue weighted by Crippen LogP contribution is 2.47. The summed E-state index contributed by atoms with van der Waals surface area (Å²) in [6.07, 6.45) is -1.56. The first-order valence-electron chi connectivity index (χ1n) is 18.5. The molecule has 0 aliphatic carbocycles. The van der Waals surface area contributed by atoms with Crippen molar-refractivity contribution in [3.05, 3.63) is 71.9 Å². The average Bonchev–Trinajstić information content (AvgIpc) is 3.52. The van der Waals surface area contributed by atoms with Crippen LogP contribution in [0.1, 0.15) is 81.2 Å². The molecule has 1 atom stereocenters. The Morgan fingerprint density at radius 3 is 1.93 bits per heavy atom. The zero-order valence-electron chi connectivity index (χ0n) is 33.9. The first kappa shape index (κ1) is 44.0. The molecule has 11 nitrogen and oxygen atoms in total. The molecule has 0 saturated carbocycles. The van der Waals surface area contributed by atoms with Crippen LogP contribution in [0.2, 0.25) is 18.1 Å². The number of benzene rings is 2. The van der Waals surface area contributed by atoms with Crippen LogP contribution in [0.5, 0.6) is 11.5 Å². The number of carbonyl (C=O) groups is 2. The van der Waals surface area contributed by atoms with Gasteiger partial charge in [0.1, 0.15) is 22.6 Å². The molecule has 0 spiro atoms. The van der Waals surface area contributed by atoms with Crippen molar-refractivity contribution >= 4 is 32.1 Å². The minimum atomic E-state index is -3.53. The number of hydrogen-bond acceptors (Lipinski definition) is 9. The van der Waals surface area contributed by atoms with Gasteiger partial charge in [0.2, 0.25) is 0 Å². The van der Waals surface area contributed by atoms with E-state index < -0.39 is 73.6 Å². The van der Waals surface area contributed by atoms with Crippen molar-refractivity contribution in [2.45, 2.75) is 117 Å². The molecule has 0 radical (unpaired) electrons. The Balaban J connectivity index is 1.67. The lowest BCUT2D eigenvalue weighted by Gasteiger charge is -2.45. The van der Waals surface area contributed by atoms with Crippen molar-refractivity contribution in [3.63, 3.8) is 0 Å². The van der Waals surface area contributed by atoms with Crippen molar-refractivity contribution in [1.82, 2.24) is 14.6 Å². The van der Waals surface area contributed by atoms with Gasteiger partial charge in [-0.2, -0.15) is 4.98 Å². The lowest BCUT2D eigenvalue weighted by Crippen LogP contribution is -2.53. The molecule has 4 rings (SSSR count). The molecule has 0 fully saturated rings. The number of pyridine rings is 1. The summed E-state index contributed by atoms with van der Waals surface area (Å²) in [6, 6.07) is 12.5. The van der Waals surface area contributed by atoms with E-state index in [0.717, 1.165) is 12.1 Å². The molecule has 16 heteroatoms. The van der Waals surface area contributed by atoms with Crippen molar-refractivity contribution in [2.24, 2.45) is 0 Å². The van der Waals surface area contributed by atoms with E-state index in [0.29, 0.717) is 23.0 Å². The summed E-state index contributed by atoms with van der Waals surface area (Å²) in [4.78, 5) is 31.2. The van der Waals surface area contributed by atoms with Crippen LogP contribution in [0, 0.1) is 11.6 Å². The molecule has 1 unspecified atom stereocenters. The van der Waals surface area contributed by atoms with Crippen LogP contribution < -0.4 is 14.4 Å². The lowest BCUT2D eigenvalue weighted by atomic mass is 9.87. The zero-order valence-corrected chi connectivity index (χ0v) is 34.9. The number of hydrogen-bond donors (Lipinski definition) is 0. The second-order valence-electron chi connectivity index (χ2n) is 15.6. The highest BCUT2D eigenvalue weighted by Gasteiger charge is 2.55. The summed E-state index contributed by atoms with van der Waals surface area (Å²) < 4.78 is 93.0. The van der Waals surface area contributed by atoms with E-state index in [9.17, 15) is 14.0 Å². The summed E-state index contributed by atoms with van der Waals surface area (Å²) in [5.74, 6) is -5.77. The molecule has 2 heterocycles. The number of methoxy groups -OCH3 is 1. The van der Waals surface area contributed by atoms with E-state index in [1.54, 1.807) is 41.5 Å². The first-order valence-corrected chi connectivity index (χ1v) is 21.0. The minimum Gasteiger partial charge on any atom is -0.493 e. The largest absolute Gasteiger partial charge is 0.493 e. The number of halogens is 4. The quantitative estimate of drug-likeness (QED) is 0.0908. The van der Waals surface area contributed by atoms with Crippen molar-refractivity contribution in [2.75, 3.05) is 18.6 Å². The predicted molar refractivity (Wildman–Crippen MR) is 207 cm³/mol. The maximum Gasteiger partial charge on any atom is 0.427 e. The lowest BCUT2D eigenvalue weighted by molar-refractivity contribution is -0.175. The number of aromatic nitrogens is 3. The van der Waals surface area contributed by atoms with Crippen LogP contribution in [0.25, 0.3) is 16.8 Å². The minimum absolute atomic E-state index is 0.0138. The number of carbonyl (C=O) groups excluding carboxylic acids is 2. The first-order chi connectivity index (χ1) is 26.0. The SMILES string of the molecule is CC[Si](CC)(CC)OC(C)(c1ccc(F)cc1)C(F)(F)CCOc1c(OC)ccc(-c2ccn3nc(N(C(=O)OC(C)(C)C)C(=O)OC(C)(C)C)nc3c2)c1F. The highest BCUT2D eigenvalue weighted by molar-refractivity contribution is 6.73. The predicted octanol–water partition coefficient (Wildman–Crippen LogP) is 10.7. The second-order valence-corrected chi connectivity index (χ2v) is 20.3. The van der Waals surface area contributed by atoms with Crippen LogP contribution in [0.15, 0.2) is 54.7 Å². The second kappa shape index (κ2) is 16.8. The molecule has 4 aromatic rings. The van der Waals surface area contributed by atoms with Gasteiger partial charge in [-0.25, -0.2) is 31.7 Å². The van der Waals surface area contributed by atoms with Crippen LogP contribution in [0.3, 0.4) is 0 Å². The number of imide groups is 1. The summed E-state index contributed by atoms with van der Waals surface area (Å²) in [7, 11) is -1.34. The van der Waals surface area contributed by atoms with E-state index in [4.69, 9.17) is 23.4 Å². The van der Waals surface area contributed by atoms with Crippen LogP contribution >= 0.6 is 0 Å². The van der Waals surface area contributed by atoms with Gasteiger partial charge in [-0.3, -0.25) is 0 Å². The monoisotopic (exact) mass is 804 g/mol. The summed E-state index contributed by atoms with van der Waals surface area (Å²) in [5.41, 5.74) is -3.52. The number of ether oxygens (including phenoxy) is 4. The van der Waals surface area contributed by atoms with Crippen LogP contribution in [-0.4, -0.2) is 65.9 Å². The number of nitrogens with zero attached hydrogens (tertiary/aromatic N) is 4. The van der Waals surface area contributed by atoms with E-state index in [2.05, 4.69) is 10.1 Å². The molecule has 0 aliphatic heterocycles. The molecule has 2 aromatic heterocycles. The smallest absolute Gasteiger partial charge is 0.427 e. The van der Waals surface area contributed by atoms with E-state index >= 15 is 13.2 Å². The number of alkyl halides is 2. The normalized spacial score (nSPS) is 13.6. The average molecular weight is 805 g/mol. The molecule has 0 saturated heterocycles. The fourth-order valence-corrected chi connectivity index (χ4v) is 9.14. The molecule has 0 bridgehead atoms. The highest BCUT2D eigenvalue weighted by atomic mass is 28.4. The van der Waals surface area contributed by atoms with E-state index in [-0.39, 0.29) is 34.0 Å². The Morgan fingerprint density at radius 2 is 1.41 bits per heavy atom. The third-order valence-electron chi connectivity index (χ3n) is 9.38. The molecule has 306 valence electrons. The Kier molecular flexibility index (Phi) is 13.2. The van der Waals surface area contributed by atoms with Gasteiger partial charge in [0.05, 0.1) is 13.7 Å². The number of anilines is 1. The fraction of sp³-hybridized carbons (Fsp3) is 0.500. The van der Waals surface area contributed by atoms with Crippen molar-refractivity contribution < 1.29 is 50.5 Å².